The molecule has 4 rings (SSSR count). The van der Waals surface area contributed by atoms with Gasteiger partial charge in [0.05, 0.1) is 10.6 Å². The summed E-state index contributed by atoms with van der Waals surface area (Å²) in [5, 5.41) is 2.70. The van der Waals surface area contributed by atoms with Crippen molar-refractivity contribution in [2.45, 2.75) is 37.8 Å². The summed E-state index contributed by atoms with van der Waals surface area (Å²) < 4.78 is 29.1. The molecule has 0 heterocycles. The van der Waals surface area contributed by atoms with Gasteiger partial charge in [-0.15, -0.1) is 0 Å². The summed E-state index contributed by atoms with van der Waals surface area (Å²) >= 11 is 0. The fraction of sp³-hybridized carbons (Fsp3) is 0.212. The van der Waals surface area contributed by atoms with Crippen LogP contribution in [0.25, 0.3) is 0 Å². The number of nitrogens with one attached hydrogen (secondary N) is 1. The first kappa shape index (κ1) is 29.6. The van der Waals surface area contributed by atoms with E-state index >= 15 is 0 Å². The second-order valence-corrected chi connectivity index (χ2v) is 11.8. The molecule has 0 aliphatic carbocycles. The fourth-order valence-corrected chi connectivity index (χ4v) is 6.30. The van der Waals surface area contributed by atoms with Crippen LogP contribution in [0.15, 0.2) is 114 Å². The Morgan fingerprint density at radius 1 is 0.780 bits per heavy atom. The van der Waals surface area contributed by atoms with Crippen molar-refractivity contribution in [2.24, 2.45) is 0 Å². The van der Waals surface area contributed by atoms with Gasteiger partial charge in [-0.05, 0) is 48.7 Å². The number of para-hydroxylation sites is 1. The first-order valence-corrected chi connectivity index (χ1v) is 14.9. The van der Waals surface area contributed by atoms with Crippen LogP contribution in [-0.4, -0.2) is 44.8 Å². The molecule has 2 amide bonds. The summed E-state index contributed by atoms with van der Waals surface area (Å²) in [5.74, 6) is -0.818. The molecular weight excluding hydrogens is 534 g/mol. The SMILES string of the molecule is CNC(=O)C(Cc1ccccc1)N(Cc1cccc(C)c1)C(=O)CN(c1ccccc1C)S(=O)(=O)c1ccccc1. The summed E-state index contributed by atoms with van der Waals surface area (Å²) in [6.07, 6.45) is 0.272. The van der Waals surface area contributed by atoms with E-state index in [1.807, 2.05) is 67.6 Å². The van der Waals surface area contributed by atoms with E-state index < -0.39 is 28.5 Å². The molecule has 4 aromatic carbocycles. The van der Waals surface area contributed by atoms with E-state index in [-0.39, 0.29) is 23.8 Å². The Bertz CT molecular complexity index is 1590. The van der Waals surface area contributed by atoms with Crippen molar-refractivity contribution in [3.05, 3.63) is 131 Å². The molecule has 1 atom stereocenters. The summed E-state index contributed by atoms with van der Waals surface area (Å²) in [5.41, 5.74) is 3.85. The molecule has 41 heavy (non-hydrogen) atoms. The highest BCUT2D eigenvalue weighted by Gasteiger charge is 2.34. The molecule has 0 radical (unpaired) electrons. The molecule has 0 saturated heterocycles. The van der Waals surface area contributed by atoms with Gasteiger partial charge in [0.1, 0.15) is 12.6 Å². The number of hydrogen-bond acceptors (Lipinski definition) is 4. The number of amides is 2. The van der Waals surface area contributed by atoms with Crippen LogP contribution >= 0.6 is 0 Å². The van der Waals surface area contributed by atoms with Crippen LogP contribution in [0.3, 0.4) is 0 Å². The molecule has 8 heteroatoms. The summed E-state index contributed by atoms with van der Waals surface area (Å²) in [6, 6.07) is 31.5. The van der Waals surface area contributed by atoms with Gasteiger partial charge < -0.3 is 10.2 Å². The predicted octanol–water partition coefficient (Wildman–Crippen LogP) is 4.88. The maximum absolute atomic E-state index is 14.3. The van der Waals surface area contributed by atoms with E-state index in [1.165, 1.54) is 24.1 Å². The first-order chi connectivity index (χ1) is 19.7. The Morgan fingerprint density at radius 2 is 1.39 bits per heavy atom. The van der Waals surface area contributed by atoms with Gasteiger partial charge in [-0.3, -0.25) is 13.9 Å². The maximum atomic E-state index is 14.3. The quantitative estimate of drug-likeness (QED) is 0.279. The molecule has 0 saturated carbocycles. The smallest absolute Gasteiger partial charge is 0.264 e. The van der Waals surface area contributed by atoms with Crippen LogP contribution in [0, 0.1) is 13.8 Å². The Kier molecular flexibility index (Phi) is 9.57. The standard InChI is InChI=1S/C33H35N3O4S/c1-25-13-12-17-28(21-25)23-35(31(33(38)34-3)22-27-15-6-4-7-16-27)32(37)24-36(30-20-11-10-14-26(30)2)41(39,40)29-18-8-5-9-19-29/h4-21,31H,22-24H2,1-3H3,(H,34,38). The van der Waals surface area contributed by atoms with Crippen LogP contribution in [0.1, 0.15) is 22.3 Å². The van der Waals surface area contributed by atoms with Crippen molar-refractivity contribution in [1.82, 2.24) is 10.2 Å². The van der Waals surface area contributed by atoms with Crippen molar-refractivity contribution >= 4 is 27.5 Å². The lowest BCUT2D eigenvalue weighted by atomic mass is 10.0. The molecule has 0 aliphatic rings. The van der Waals surface area contributed by atoms with Crippen LogP contribution < -0.4 is 9.62 Å². The van der Waals surface area contributed by atoms with Crippen LogP contribution in [0.2, 0.25) is 0 Å². The van der Waals surface area contributed by atoms with Gasteiger partial charge in [0.2, 0.25) is 11.8 Å². The molecule has 7 nitrogen and oxygen atoms in total. The van der Waals surface area contributed by atoms with Gasteiger partial charge in [-0.1, -0.05) is 96.6 Å². The fourth-order valence-electron chi connectivity index (χ4n) is 4.80. The molecule has 0 spiro atoms. The normalized spacial score (nSPS) is 11.9. The molecule has 0 fully saturated rings. The Morgan fingerprint density at radius 3 is 2.02 bits per heavy atom. The minimum atomic E-state index is -4.11. The van der Waals surface area contributed by atoms with Gasteiger partial charge in [-0.2, -0.15) is 0 Å². The van der Waals surface area contributed by atoms with Crippen LogP contribution in [0.4, 0.5) is 5.69 Å². The molecule has 1 unspecified atom stereocenters. The largest absolute Gasteiger partial charge is 0.357 e. The van der Waals surface area contributed by atoms with Gasteiger partial charge in [0, 0.05) is 20.0 Å². The van der Waals surface area contributed by atoms with E-state index in [0.717, 1.165) is 21.0 Å². The van der Waals surface area contributed by atoms with E-state index in [1.54, 1.807) is 43.3 Å². The Hall–Kier alpha value is -4.43. The Balaban J connectivity index is 1.79. The van der Waals surface area contributed by atoms with Crippen molar-refractivity contribution < 1.29 is 18.0 Å². The van der Waals surface area contributed by atoms with Crippen molar-refractivity contribution in [2.75, 3.05) is 17.9 Å². The van der Waals surface area contributed by atoms with Gasteiger partial charge in [-0.25, -0.2) is 8.42 Å². The predicted molar refractivity (Wildman–Crippen MR) is 162 cm³/mol. The highest BCUT2D eigenvalue weighted by molar-refractivity contribution is 7.92. The summed E-state index contributed by atoms with van der Waals surface area (Å²) in [7, 11) is -2.57. The van der Waals surface area contributed by atoms with Gasteiger partial charge >= 0.3 is 0 Å². The number of likely N-dealkylation sites (N-methyl/N-ethyl adjacent to an activating group) is 1. The van der Waals surface area contributed by atoms with Crippen molar-refractivity contribution in [3.63, 3.8) is 0 Å². The monoisotopic (exact) mass is 569 g/mol. The third kappa shape index (κ3) is 7.21. The zero-order valence-corrected chi connectivity index (χ0v) is 24.3. The number of benzene rings is 4. The number of nitrogens with zero attached hydrogens (tertiary/aromatic N) is 2. The number of carbonyl (C=O) groups is 2. The van der Waals surface area contributed by atoms with E-state index in [9.17, 15) is 18.0 Å². The molecule has 1 N–H and O–H groups in total. The third-order valence-electron chi connectivity index (χ3n) is 6.95. The zero-order chi connectivity index (χ0) is 29.4. The number of carbonyl (C=O) groups excluding carboxylic acids is 2. The first-order valence-electron chi connectivity index (χ1n) is 13.4. The molecule has 0 aliphatic heterocycles. The van der Waals surface area contributed by atoms with E-state index in [4.69, 9.17) is 0 Å². The highest BCUT2D eigenvalue weighted by Crippen LogP contribution is 2.27. The number of hydrogen-bond donors (Lipinski definition) is 1. The highest BCUT2D eigenvalue weighted by atomic mass is 32.2. The lowest BCUT2D eigenvalue weighted by molar-refractivity contribution is -0.139. The van der Waals surface area contributed by atoms with Gasteiger partial charge in [0.15, 0.2) is 0 Å². The molecule has 0 aromatic heterocycles. The van der Waals surface area contributed by atoms with Crippen molar-refractivity contribution in [3.8, 4) is 0 Å². The summed E-state index contributed by atoms with van der Waals surface area (Å²) in [6.45, 7) is 3.43. The van der Waals surface area contributed by atoms with Crippen LogP contribution in [-0.2, 0) is 32.6 Å². The summed E-state index contributed by atoms with van der Waals surface area (Å²) in [4.78, 5) is 29.2. The second kappa shape index (κ2) is 13.3. The molecule has 0 bridgehead atoms. The third-order valence-corrected chi connectivity index (χ3v) is 8.72. The van der Waals surface area contributed by atoms with E-state index in [0.29, 0.717) is 11.3 Å². The van der Waals surface area contributed by atoms with E-state index in [2.05, 4.69) is 5.32 Å². The number of sulfonamides is 1. The number of aryl methyl sites for hydroxylation is 2. The second-order valence-electron chi connectivity index (χ2n) is 9.94. The Labute approximate surface area is 242 Å². The van der Waals surface area contributed by atoms with Crippen molar-refractivity contribution in [1.29, 1.82) is 0 Å². The molecule has 4 aromatic rings. The number of rotatable bonds is 11. The average Bonchev–Trinajstić information content (AvgIpc) is 2.98. The topological polar surface area (TPSA) is 86.8 Å². The lowest BCUT2D eigenvalue weighted by Gasteiger charge is -2.34. The zero-order valence-electron chi connectivity index (χ0n) is 23.5. The minimum absolute atomic E-state index is 0.0772. The average molecular weight is 570 g/mol. The van der Waals surface area contributed by atoms with Gasteiger partial charge in [0.25, 0.3) is 10.0 Å². The van der Waals surface area contributed by atoms with Crippen LogP contribution in [0.5, 0.6) is 0 Å². The minimum Gasteiger partial charge on any atom is -0.357 e. The molecule has 212 valence electrons. The molecular formula is C33H35N3O4S. The maximum Gasteiger partial charge on any atom is 0.264 e. The number of anilines is 1. The lowest BCUT2D eigenvalue weighted by Crippen LogP contribution is -2.53.